The van der Waals surface area contributed by atoms with E-state index in [1.807, 2.05) is 0 Å². The Hall–Kier alpha value is -1.85. The first-order valence-electron chi connectivity index (χ1n) is 6.78. The second-order valence-corrected chi connectivity index (χ2v) is 5.10. The number of hydrogen-bond acceptors (Lipinski definition) is 5. The largest absolute Gasteiger partial charge is 0.468 e. The minimum absolute atomic E-state index is 0.0988. The van der Waals surface area contributed by atoms with Crippen LogP contribution in [-0.4, -0.2) is 43.1 Å². The molecule has 3 atom stereocenters. The molecule has 0 aromatic heterocycles. The topological polar surface area (TPSA) is 72.9 Å². The number of carbonyl (C=O) groups excluding carboxylic acids is 3. The molecule has 0 N–H and O–H groups in total. The zero-order valence-corrected chi connectivity index (χ0v) is 11.5. The number of allylic oxidation sites excluding steroid dienone is 1. The van der Waals surface area contributed by atoms with Crippen molar-refractivity contribution < 1.29 is 23.9 Å². The summed E-state index contributed by atoms with van der Waals surface area (Å²) in [5.74, 6) is -2.11. The van der Waals surface area contributed by atoms with Gasteiger partial charge in [0.05, 0.1) is 13.7 Å². The summed E-state index contributed by atoms with van der Waals surface area (Å²) in [5.41, 5.74) is 0. The molecule has 20 heavy (non-hydrogen) atoms. The van der Waals surface area contributed by atoms with E-state index < -0.39 is 23.9 Å². The van der Waals surface area contributed by atoms with Crippen LogP contribution in [0.2, 0.25) is 0 Å². The van der Waals surface area contributed by atoms with Crippen molar-refractivity contribution in [1.82, 2.24) is 4.90 Å². The van der Waals surface area contributed by atoms with Gasteiger partial charge in [-0.2, -0.15) is 0 Å². The second-order valence-electron chi connectivity index (χ2n) is 5.10. The molecule has 0 bridgehead atoms. The molecule has 2 amide bonds. The van der Waals surface area contributed by atoms with Gasteiger partial charge in [-0.05, 0) is 24.7 Å². The maximum Gasteiger partial charge on any atom is 0.416 e. The number of rotatable bonds is 4. The van der Waals surface area contributed by atoms with Gasteiger partial charge in [0.2, 0.25) is 5.91 Å². The lowest BCUT2D eigenvalue weighted by atomic mass is 9.83. The fourth-order valence-corrected chi connectivity index (χ4v) is 3.07. The molecule has 2 fully saturated rings. The van der Waals surface area contributed by atoms with Crippen LogP contribution >= 0.6 is 0 Å². The summed E-state index contributed by atoms with van der Waals surface area (Å²) < 4.78 is 9.52. The van der Waals surface area contributed by atoms with Crippen LogP contribution in [0, 0.1) is 17.8 Å². The van der Waals surface area contributed by atoms with Gasteiger partial charge in [-0.1, -0.05) is 12.5 Å². The first kappa shape index (κ1) is 14.6. The predicted octanol–water partition coefficient (Wildman–Crippen LogP) is 1.36. The van der Waals surface area contributed by atoms with Gasteiger partial charge in [-0.3, -0.25) is 9.59 Å². The molecule has 0 spiro atoms. The summed E-state index contributed by atoms with van der Waals surface area (Å²) in [4.78, 5) is 37.0. The van der Waals surface area contributed by atoms with Crippen molar-refractivity contribution >= 4 is 18.0 Å². The number of nitrogens with zero attached hydrogens (tertiary/aromatic N) is 1. The van der Waals surface area contributed by atoms with Crippen LogP contribution in [0.4, 0.5) is 4.79 Å². The van der Waals surface area contributed by atoms with E-state index in [1.165, 1.54) is 7.11 Å². The lowest BCUT2D eigenvalue weighted by Crippen LogP contribution is -2.44. The maximum atomic E-state index is 12.5. The van der Waals surface area contributed by atoms with Gasteiger partial charge in [0.15, 0.2) is 0 Å². The zero-order valence-electron chi connectivity index (χ0n) is 11.5. The van der Waals surface area contributed by atoms with Crippen LogP contribution in [0.15, 0.2) is 12.7 Å². The molecule has 6 heteroatoms. The molecule has 1 aliphatic carbocycles. The third-order valence-corrected chi connectivity index (χ3v) is 4.10. The van der Waals surface area contributed by atoms with E-state index in [1.54, 1.807) is 6.08 Å². The number of hydrogen-bond donors (Lipinski definition) is 0. The first-order chi connectivity index (χ1) is 9.60. The van der Waals surface area contributed by atoms with Crippen molar-refractivity contribution in [2.45, 2.75) is 19.3 Å². The molecule has 1 saturated carbocycles. The summed E-state index contributed by atoms with van der Waals surface area (Å²) in [6.45, 7) is 4.13. The van der Waals surface area contributed by atoms with E-state index in [-0.39, 0.29) is 25.0 Å². The molecule has 0 unspecified atom stereocenters. The van der Waals surface area contributed by atoms with Crippen LogP contribution < -0.4 is 0 Å². The highest BCUT2D eigenvalue weighted by Gasteiger charge is 2.45. The lowest BCUT2D eigenvalue weighted by Gasteiger charge is -2.26. The molecule has 6 nitrogen and oxygen atoms in total. The van der Waals surface area contributed by atoms with Crippen LogP contribution in [-0.2, 0) is 19.1 Å². The van der Waals surface area contributed by atoms with Gasteiger partial charge < -0.3 is 9.47 Å². The summed E-state index contributed by atoms with van der Waals surface area (Å²) in [5, 5.41) is 0. The van der Waals surface area contributed by atoms with E-state index in [9.17, 15) is 14.4 Å². The summed E-state index contributed by atoms with van der Waals surface area (Å²) >= 11 is 0. The fourth-order valence-electron chi connectivity index (χ4n) is 3.07. The number of amides is 2. The summed E-state index contributed by atoms with van der Waals surface area (Å²) in [6.07, 6.45) is 3.69. The van der Waals surface area contributed by atoms with E-state index in [0.717, 1.165) is 24.2 Å². The molecular formula is C14H19NO5. The lowest BCUT2D eigenvalue weighted by molar-refractivity contribution is -0.155. The Balaban J connectivity index is 2.23. The molecule has 1 heterocycles. The normalized spacial score (nSPS) is 27.1. The molecule has 2 rings (SSSR count). The Labute approximate surface area is 117 Å². The number of imide groups is 1. The minimum Gasteiger partial charge on any atom is -0.468 e. The van der Waals surface area contributed by atoms with Gasteiger partial charge >= 0.3 is 12.1 Å². The van der Waals surface area contributed by atoms with Crippen molar-refractivity contribution in [3.8, 4) is 0 Å². The van der Waals surface area contributed by atoms with Crippen molar-refractivity contribution in [3.05, 3.63) is 12.7 Å². The molecule has 1 saturated heterocycles. The van der Waals surface area contributed by atoms with Crippen LogP contribution in [0.5, 0.6) is 0 Å². The van der Waals surface area contributed by atoms with Gasteiger partial charge in [0.25, 0.3) is 0 Å². The standard InChI is InChI=1S/C14H19NO5/c1-3-9-5-4-6-10(9)11(13(17)19-2)12(16)15-7-8-20-14(15)18/h3,9-11H,1,4-8H2,2H3/t9-,10-,11-/m1/s1. The van der Waals surface area contributed by atoms with Crippen molar-refractivity contribution in [2.24, 2.45) is 17.8 Å². The summed E-state index contributed by atoms with van der Waals surface area (Å²) in [7, 11) is 1.25. The van der Waals surface area contributed by atoms with Crippen LogP contribution in [0.3, 0.4) is 0 Å². The quantitative estimate of drug-likeness (QED) is 0.442. The number of ether oxygens (including phenoxy) is 2. The Morgan fingerprint density at radius 2 is 2.25 bits per heavy atom. The van der Waals surface area contributed by atoms with Crippen molar-refractivity contribution in [3.63, 3.8) is 0 Å². The van der Waals surface area contributed by atoms with Gasteiger partial charge in [-0.25, -0.2) is 9.69 Å². The molecule has 0 radical (unpaired) electrons. The average Bonchev–Trinajstić information content (AvgIpc) is 3.07. The molecule has 2 aliphatic rings. The third kappa shape index (κ3) is 2.55. The Bertz CT molecular complexity index is 433. The maximum absolute atomic E-state index is 12.5. The molecule has 0 aromatic rings. The molecule has 0 aromatic carbocycles. The highest BCUT2D eigenvalue weighted by Crippen LogP contribution is 2.39. The highest BCUT2D eigenvalue weighted by atomic mass is 16.6. The number of esters is 1. The van der Waals surface area contributed by atoms with E-state index in [2.05, 4.69) is 6.58 Å². The zero-order chi connectivity index (χ0) is 14.7. The minimum atomic E-state index is -0.948. The average molecular weight is 281 g/mol. The Morgan fingerprint density at radius 3 is 2.80 bits per heavy atom. The Morgan fingerprint density at radius 1 is 1.50 bits per heavy atom. The van der Waals surface area contributed by atoms with E-state index in [0.29, 0.717) is 0 Å². The third-order valence-electron chi connectivity index (χ3n) is 4.10. The smallest absolute Gasteiger partial charge is 0.416 e. The van der Waals surface area contributed by atoms with E-state index in [4.69, 9.17) is 9.47 Å². The first-order valence-corrected chi connectivity index (χ1v) is 6.78. The number of methoxy groups -OCH3 is 1. The van der Waals surface area contributed by atoms with Gasteiger partial charge in [-0.15, -0.1) is 6.58 Å². The van der Waals surface area contributed by atoms with Crippen molar-refractivity contribution in [2.75, 3.05) is 20.3 Å². The SMILES string of the molecule is C=C[C@@H]1CCC[C@H]1[C@@H](C(=O)OC)C(=O)N1CCOC1=O. The Kier molecular flexibility index (Phi) is 4.42. The molecule has 1 aliphatic heterocycles. The van der Waals surface area contributed by atoms with Crippen LogP contribution in [0.25, 0.3) is 0 Å². The van der Waals surface area contributed by atoms with Gasteiger partial charge in [0.1, 0.15) is 12.5 Å². The monoisotopic (exact) mass is 281 g/mol. The fraction of sp³-hybridized carbons (Fsp3) is 0.643. The molecular weight excluding hydrogens is 262 g/mol. The van der Waals surface area contributed by atoms with Crippen molar-refractivity contribution in [1.29, 1.82) is 0 Å². The highest BCUT2D eigenvalue weighted by molar-refractivity contribution is 6.04. The predicted molar refractivity (Wildman–Crippen MR) is 69.6 cm³/mol. The molecule has 110 valence electrons. The summed E-state index contributed by atoms with van der Waals surface area (Å²) in [6, 6.07) is 0. The van der Waals surface area contributed by atoms with Gasteiger partial charge in [0, 0.05) is 0 Å². The number of cyclic esters (lactones) is 1. The van der Waals surface area contributed by atoms with E-state index >= 15 is 0 Å². The number of carbonyl (C=O) groups is 3. The van der Waals surface area contributed by atoms with Crippen LogP contribution in [0.1, 0.15) is 19.3 Å². The second kappa shape index (κ2) is 6.07.